The number of rotatable bonds is 3. The Morgan fingerprint density at radius 1 is 1.16 bits per heavy atom. The summed E-state index contributed by atoms with van der Waals surface area (Å²) in [5.41, 5.74) is 0.430. The van der Waals surface area contributed by atoms with Gasteiger partial charge in [-0.1, -0.05) is 18.2 Å². The molecule has 0 aliphatic carbocycles. The van der Waals surface area contributed by atoms with Crippen molar-refractivity contribution in [2.45, 2.75) is 5.38 Å². The van der Waals surface area contributed by atoms with Crippen molar-refractivity contribution in [3.63, 3.8) is 0 Å². The molecule has 0 saturated heterocycles. The topological polar surface area (TPSA) is 9.23 Å². The summed E-state index contributed by atoms with van der Waals surface area (Å²) in [6.07, 6.45) is 0. The van der Waals surface area contributed by atoms with E-state index in [9.17, 15) is 8.78 Å². The van der Waals surface area contributed by atoms with E-state index in [1.165, 1.54) is 25.3 Å². The Morgan fingerprint density at radius 3 is 2.53 bits per heavy atom. The molecule has 1 nitrogen and oxygen atoms in total. The van der Waals surface area contributed by atoms with Crippen LogP contribution < -0.4 is 4.74 Å². The second-order valence-corrected chi connectivity index (χ2v) is 5.18. The highest BCUT2D eigenvalue weighted by Gasteiger charge is 2.20. The van der Waals surface area contributed by atoms with Gasteiger partial charge in [-0.05, 0) is 28.1 Å². The fraction of sp³-hybridized carbons (Fsp3) is 0.143. The Balaban J connectivity index is 2.44. The Labute approximate surface area is 123 Å². The summed E-state index contributed by atoms with van der Waals surface area (Å²) in [5.74, 6) is -0.628. The van der Waals surface area contributed by atoms with Crippen molar-refractivity contribution < 1.29 is 13.5 Å². The predicted octanol–water partition coefficient (Wildman–Crippen LogP) is 5.06. The van der Waals surface area contributed by atoms with Crippen LogP contribution in [0.3, 0.4) is 0 Å². The molecule has 19 heavy (non-hydrogen) atoms. The highest BCUT2D eigenvalue weighted by molar-refractivity contribution is 9.10. The maximum atomic E-state index is 13.9. The molecule has 0 bridgehead atoms. The second kappa shape index (κ2) is 5.88. The Kier molecular flexibility index (Phi) is 4.42. The lowest BCUT2D eigenvalue weighted by Gasteiger charge is -2.13. The van der Waals surface area contributed by atoms with Gasteiger partial charge in [0.1, 0.15) is 17.4 Å². The normalized spacial score (nSPS) is 12.3. The summed E-state index contributed by atoms with van der Waals surface area (Å²) >= 11 is 9.25. The average Bonchev–Trinajstić information content (AvgIpc) is 2.41. The molecule has 2 aromatic carbocycles. The molecule has 0 radical (unpaired) electrons. The lowest BCUT2D eigenvalue weighted by molar-refractivity contribution is 0.410. The van der Waals surface area contributed by atoms with Crippen LogP contribution in [0.2, 0.25) is 0 Å². The van der Waals surface area contributed by atoms with Crippen molar-refractivity contribution in [1.82, 2.24) is 0 Å². The first-order chi connectivity index (χ1) is 9.04. The number of benzene rings is 2. The Hall–Kier alpha value is -1.13. The van der Waals surface area contributed by atoms with E-state index in [1.54, 1.807) is 18.2 Å². The van der Waals surface area contributed by atoms with Gasteiger partial charge in [-0.15, -0.1) is 11.6 Å². The van der Waals surface area contributed by atoms with Crippen LogP contribution in [0.4, 0.5) is 8.78 Å². The third-order valence-corrected chi connectivity index (χ3v) is 3.82. The summed E-state index contributed by atoms with van der Waals surface area (Å²) in [5, 5.41) is -0.900. The molecule has 5 heteroatoms. The molecule has 1 atom stereocenters. The summed E-state index contributed by atoms with van der Waals surface area (Å²) < 4.78 is 33.1. The zero-order chi connectivity index (χ0) is 14.0. The zero-order valence-corrected chi connectivity index (χ0v) is 12.3. The van der Waals surface area contributed by atoms with E-state index in [0.29, 0.717) is 10.2 Å². The van der Waals surface area contributed by atoms with Crippen LogP contribution in [-0.2, 0) is 0 Å². The van der Waals surface area contributed by atoms with Crippen LogP contribution in [0.15, 0.2) is 40.9 Å². The fourth-order valence-electron chi connectivity index (χ4n) is 1.72. The van der Waals surface area contributed by atoms with Crippen molar-refractivity contribution in [3.05, 3.63) is 63.6 Å². The van der Waals surface area contributed by atoms with E-state index in [-0.39, 0.29) is 11.1 Å². The summed E-state index contributed by atoms with van der Waals surface area (Å²) in [4.78, 5) is 0. The summed E-state index contributed by atoms with van der Waals surface area (Å²) in [7, 11) is 1.45. The van der Waals surface area contributed by atoms with E-state index in [2.05, 4.69) is 15.9 Å². The molecule has 0 aliphatic heterocycles. The third kappa shape index (κ3) is 2.90. The Bertz CT molecular complexity index is 604. The van der Waals surface area contributed by atoms with E-state index in [1.807, 2.05) is 0 Å². The van der Waals surface area contributed by atoms with Crippen molar-refractivity contribution in [2.24, 2.45) is 0 Å². The van der Waals surface area contributed by atoms with Crippen LogP contribution in [0.1, 0.15) is 16.5 Å². The minimum absolute atomic E-state index is 0.208. The molecule has 2 aromatic rings. The molecule has 0 heterocycles. The van der Waals surface area contributed by atoms with Gasteiger partial charge < -0.3 is 4.74 Å². The maximum Gasteiger partial charge on any atom is 0.142 e. The van der Waals surface area contributed by atoms with E-state index in [4.69, 9.17) is 16.3 Å². The molecule has 0 spiro atoms. The fourth-order valence-corrected chi connectivity index (χ4v) is 2.45. The van der Waals surface area contributed by atoms with Gasteiger partial charge in [-0.3, -0.25) is 0 Å². The van der Waals surface area contributed by atoms with Gasteiger partial charge in [0.25, 0.3) is 0 Å². The van der Waals surface area contributed by atoms with E-state index < -0.39 is 17.0 Å². The zero-order valence-electron chi connectivity index (χ0n) is 9.96. The Morgan fingerprint density at radius 2 is 1.89 bits per heavy atom. The predicted molar refractivity (Wildman–Crippen MR) is 74.7 cm³/mol. The standard InChI is InChI=1S/C14H10BrClF2O/c1-19-8-5-6-9(12(17)7-8)13(16)10-3-2-4-11(15)14(10)18/h2-7,13H,1H3. The number of alkyl halides is 1. The quantitative estimate of drug-likeness (QED) is 0.705. The van der Waals surface area contributed by atoms with Gasteiger partial charge in [-0.2, -0.15) is 0 Å². The summed E-state index contributed by atoms with van der Waals surface area (Å²) in [6, 6.07) is 9.05. The molecular formula is C14H10BrClF2O. The number of hydrogen-bond acceptors (Lipinski definition) is 1. The number of ether oxygens (including phenoxy) is 1. The summed E-state index contributed by atoms with van der Waals surface area (Å²) in [6.45, 7) is 0. The molecule has 0 saturated carbocycles. The maximum absolute atomic E-state index is 13.9. The highest BCUT2D eigenvalue weighted by atomic mass is 79.9. The average molecular weight is 348 g/mol. The van der Waals surface area contributed by atoms with Gasteiger partial charge in [0.15, 0.2) is 0 Å². The van der Waals surface area contributed by atoms with E-state index in [0.717, 1.165) is 0 Å². The van der Waals surface area contributed by atoms with Gasteiger partial charge in [-0.25, -0.2) is 8.78 Å². The minimum Gasteiger partial charge on any atom is -0.497 e. The smallest absolute Gasteiger partial charge is 0.142 e. The van der Waals surface area contributed by atoms with Crippen molar-refractivity contribution in [2.75, 3.05) is 7.11 Å². The van der Waals surface area contributed by atoms with Crippen LogP contribution in [-0.4, -0.2) is 7.11 Å². The van der Waals surface area contributed by atoms with Crippen molar-refractivity contribution in [1.29, 1.82) is 0 Å². The number of halogens is 4. The molecule has 1 unspecified atom stereocenters. The SMILES string of the molecule is COc1ccc(C(Cl)c2cccc(Br)c2F)c(F)c1. The highest BCUT2D eigenvalue weighted by Crippen LogP contribution is 2.35. The molecule has 0 aromatic heterocycles. The molecule has 100 valence electrons. The second-order valence-electron chi connectivity index (χ2n) is 3.89. The number of hydrogen-bond donors (Lipinski definition) is 0. The largest absolute Gasteiger partial charge is 0.497 e. The molecular weight excluding hydrogens is 338 g/mol. The van der Waals surface area contributed by atoms with Gasteiger partial charge in [0.2, 0.25) is 0 Å². The van der Waals surface area contributed by atoms with Crippen LogP contribution in [0.5, 0.6) is 5.75 Å². The van der Waals surface area contributed by atoms with Gasteiger partial charge >= 0.3 is 0 Å². The lowest BCUT2D eigenvalue weighted by Crippen LogP contribution is -2.01. The first-order valence-electron chi connectivity index (χ1n) is 5.46. The van der Waals surface area contributed by atoms with Crippen molar-refractivity contribution in [3.8, 4) is 5.75 Å². The molecule has 0 N–H and O–H groups in total. The molecule has 2 rings (SSSR count). The molecule has 0 fully saturated rings. The lowest BCUT2D eigenvalue weighted by atomic mass is 10.0. The van der Waals surface area contributed by atoms with Crippen LogP contribution in [0.25, 0.3) is 0 Å². The molecule has 0 amide bonds. The monoisotopic (exact) mass is 346 g/mol. The van der Waals surface area contributed by atoms with Crippen LogP contribution in [0, 0.1) is 11.6 Å². The van der Waals surface area contributed by atoms with Gasteiger partial charge in [0.05, 0.1) is 17.0 Å². The number of methoxy groups -OCH3 is 1. The van der Waals surface area contributed by atoms with Crippen LogP contribution >= 0.6 is 27.5 Å². The van der Waals surface area contributed by atoms with E-state index >= 15 is 0 Å². The minimum atomic E-state index is -0.900. The first-order valence-corrected chi connectivity index (χ1v) is 6.69. The molecule has 0 aliphatic rings. The third-order valence-electron chi connectivity index (χ3n) is 2.74. The van der Waals surface area contributed by atoms with Crippen molar-refractivity contribution >= 4 is 27.5 Å². The van der Waals surface area contributed by atoms with Gasteiger partial charge in [0, 0.05) is 17.2 Å². The first kappa shape index (κ1) is 14.3.